The van der Waals surface area contributed by atoms with Gasteiger partial charge in [-0.15, -0.1) is 11.3 Å². The largest absolute Gasteiger partial charge is 0.349 e. The zero-order chi connectivity index (χ0) is 11.7. The summed E-state index contributed by atoms with van der Waals surface area (Å²) in [5.74, 6) is 0.0261. The predicted octanol–water partition coefficient (Wildman–Crippen LogP) is 2.70. The highest BCUT2D eigenvalue weighted by atomic mass is 32.1. The molecule has 1 aliphatic carbocycles. The topological polar surface area (TPSA) is 42.0 Å². The summed E-state index contributed by atoms with van der Waals surface area (Å²) in [6, 6.07) is 8.01. The first-order valence-corrected chi connectivity index (χ1v) is 6.52. The highest BCUT2D eigenvalue weighted by Crippen LogP contribution is 2.23. The third kappa shape index (κ3) is 2.36. The van der Waals surface area contributed by atoms with Crippen molar-refractivity contribution >= 4 is 17.2 Å². The second-order valence-corrected chi connectivity index (χ2v) is 5.06. The van der Waals surface area contributed by atoms with E-state index in [9.17, 15) is 4.79 Å². The van der Waals surface area contributed by atoms with Gasteiger partial charge in [0.25, 0.3) is 5.91 Å². The molecule has 0 spiro atoms. The number of carbonyl (C=O) groups excluding carboxylic acids is 1. The smallest absolute Gasteiger partial charge is 0.251 e. The molecule has 3 nitrogen and oxygen atoms in total. The molecular formula is C13H12N2OS. The summed E-state index contributed by atoms with van der Waals surface area (Å²) in [6.45, 7) is 0. The van der Waals surface area contributed by atoms with E-state index in [1.54, 1.807) is 17.5 Å². The van der Waals surface area contributed by atoms with Gasteiger partial charge in [-0.2, -0.15) is 0 Å². The second kappa shape index (κ2) is 4.30. The molecule has 0 aliphatic heterocycles. The first-order valence-electron chi connectivity index (χ1n) is 5.64. The molecule has 3 rings (SSSR count). The maximum atomic E-state index is 11.8. The molecule has 1 fully saturated rings. The minimum Gasteiger partial charge on any atom is -0.349 e. The molecule has 0 atom stereocenters. The van der Waals surface area contributed by atoms with E-state index in [1.807, 2.05) is 29.6 Å². The van der Waals surface area contributed by atoms with Crippen LogP contribution in [0.25, 0.3) is 10.6 Å². The van der Waals surface area contributed by atoms with E-state index in [-0.39, 0.29) is 5.91 Å². The number of hydrogen-bond donors (Lipinski definition) is 1. The van der Waals surface area contributed by atoms with Crippen LogP contribution in [-0.2, 0) is 0 Å². The Balaban J connectivity index is 1.77. The number of nitrogens with zero attached hydrogens (tertiary/aromatic N) is 1. The molecule has 4 heteroatoms. The number of amides is 1. The van der Waals surface area contributed by atoms with E-state index < -0.39 is 0 Å². The van der Waals surface area contributed by atoms with Crippen LogP contribution in [0.1, 0.15) is 23.2 Å². The van der Waals surface area contributed by atoms with Crippen LogP contribution < -0.4 is 5.32 Å². The number of benzene rings is 1. The molecule has 0 bridgehead atoms. The second-order valence-electron chi connectivity index (χ2n) is 4.16. The molecule has 86 valence electrons. The van der Waals surface area contributed by atoms with Crippen molar-refractivity contribution < 1.29 is 4.79 Å². The fourth-order valence-electron chi connectivity index (χ4n) is 1.63. The van der Waals surface area contributed by atoms with E-state index >= 15 is 0 Å². The predicted molar refractivity (Wildman–Crippen MR) is 68.0 cm³/mol. The summed E-state index contributed by atoms with van der Waals surface area (Å²) < 4.78 is 0. The number of nitrogens with one attached hydrogen (secondary N) is 1. The van der Waals surface area contributed by atoms with Gasteiger partial charge in [0.1, 0.15) is 5.01 Å². The fraction of sp³-hybridized carbons (Fsp3) is 0.231. The lowest BCUT2D eigenvalue weighted by Crippen LogP contribution is -2.25. The summed E-state index contributed by atoms with van der Waals surface area (Å²) in [5, 5.41) is 5.91. The van der Waals surface area contributed by atoms with E-state index in [0.717, 1.165) is 29.0 Å². The molecule has 2 aromatic rings. The van der Waals surface area contributed by atoms with E-state index in [1.165, 1.54) is 0 Å². The molecule has 1 N–H and O–H groups in total. The van der Waals surface area contributed by atoms with Crippen molar-refractivity contribution in [3.8, 4) is 10.6 Å². The lowest BCUT2D eigenvalue weighted by atomic mass is 10.1. The quantitative estimate of drug-likeness (QED) is 0.902. The third-order valence-corrected chi connectivity index (χ3v) is 3.56. The fourth-order valence-corrected chi connectivity index (χ4v) is 2.27. The molecule has 17 heavy (non-hydrogen) atoms. The number of rotatable bonds is 3. The zero-order valence-electron chi connectivity index (χ0n) is 9.22. The van der Waals surface area contributed by atoms with Crippen LogP contribution in [0, 0.1) is 0 Å². The van der Waals surface area contributed by atoms with Crippen LogP contribution in [0.15, 0.2) is 35.8 Å². The molecule has 0 saturated heterocycles. The highest BCUT2D eigenvalue weighted by molar-refractivity contribution is 7.13. The molecule has 0 radical (unpaired) electrons. The van der Waals surface area contributed by atoms with Crippen molar-refractivity contribution in [3.63, 3.8) is 0 Å². The van der Waals surface area contributed by atoms with Gasteiger partial charge >= 0.3 is 0 Å². The average molecular weight is 244 g/mol. The summed E-state index contributed by atoms with van der Waals surface area (Å²) in [7, 11) is 0. The molecule has 1 aliphatic rings. The van der Waals surface area contributed by atoms with Gasteiger partial charge in [0, 0.05) is 28.7 Å². The van der Waals surface area contributed by atoms with Gasteiger partial charge in [-0.05, 0) is 25.0 Å². The Morgan fingerprint density at radius 1 is 1.29 bits per heavy atom. The maximum Gasteiger partial charge on any atom is 0.251 e. The summed E-state index contributed by atoms with van der Waals surface area (Å²) >= 11 is 1.60. The van der Waals surface area contributed by atoms with Gasteiger partial charge in [-0.1, -0.05) is 12.1 Å². The first kappa shape index (κ1) is 10.5. The van der Waals surface area contributed by atoms with Crippen molar-refractivity contribution in [3.05, 3.63) is 41.4 Å². The van der Waals surface area contributed by atoms with Gasteiger partial charge in [-0.3, -0.25) is 4.79 Å². The van der Waals surface area contributed by atoms with Crippen LogP contribution in [0.4, 0.5) is 0 Å². The molecule has 1 amide bonds. The summed E-state index contributed by atoms with van der Waals surface area (Å²) in [5.41, 5.74) is 1.78. The Morgan fingerprint density at radius 3 is 2.65 bits per heavy atom. The Morgan fingerprint density at radius 2 is 2.06 bits per heavy atom. The Hall–Kier alpha value is -1.68. The normalized spacial score (nSPS) is 14.6. The monoisotopic (exact) mass is 244 g/mol. The van der Waals surface area contributed by atoms with Crippen molar-refractivity contribution in [1.82, 2.24) is 10.3 Å². The lowest BCUT2D eigenvalue weighted by molar-refractivity contribution is 0.0951. The van der Waals surface area contributed by atoms with Gasteiger partial charge in [0.2, 0.25) is 0 Å². The van der Waals surface area contributed by atoms with Gasteiger partial charge in [0.05, 0.1) is 0 Å². The first-order chi connectivity index (χ1) is 8.33. The lowest BCUT2D eigenvalue weighted by Gasteiger charge is -2.03. The number of thiazole rings is 1. The Bertz CT molecular complexity index is 515. The average Bonchev–Trinajstić information content (AvgIpc) is 3.00. The maximum absolute atomic E-state index is 11.8. The van der Waals surface area contributed by atoms with Crippen LogP contribution in [0.5, 0.6) is 0 Å². The molecule has 1 aromatic carbocycles. The summed E-state index contributed by atoms with van der Waals surface area (Å²) in [4.78, 5) is 16.0. The van der Waals surface area contributed by atoms with Gasteiger partial charge < -0.3 is 5.32 Å². The van der Waals surface area contributed by atoms with Gasteiger partial charge in [0.15, 0.2) is 0 Å². The molecule has 1 heterocycles. The number of carbonyl (C=O) groups is 1. The number of hydrogen-bond acceptors (Lipinski definition) is 3. The van der Waals surface area contributed by atoms with E-state index in [4.69, 9.17) is 0 Å². The van der Waals surface area contributed by atoms with E-state index in [0.29, 0.717) is 6.04 Å². The molecule has 0 unspecified atom stereocenters. The van der Waals surface area contributed by atoms with Crippen molar-refractivity contribution in [2.24, 2.45) is 0 Å². The standard InChI is InChI=1S/C13H12N2OS/c16-12(15-11-5-6-11)9-1-3-10(4-2-9)13-14-7-8-17-13/h1-4,7-8,11H,5-6H2,(H,15,16). The van der Waals surface area contributed by atoms with Crippen LogP contribution in [0.3, 0.4) is 0 Å². The summed E-state index contributed by atoms with van der Waals surface area (Å²) in [6.07, 6.45) is 4.01. The highest BCUT2D eigenvalue weighted by Gasteiger charge is 2.23. The van der Waals surface area contributed by atoms with Crippen LogP contribution >= 0.6 is 11.3 Å². The molecule has 1 saturated carbocycles. The Kier molecular flexibility index (Phi) is 2.65. The molecule has 1 aromatic heterocycles. The van der Waals surface area contributed by atoms with Crippen molar-refractivity contribution in [2.45, 2.75) is 18.9 Å². The van der Waals surface area contributed by atoms with E-state index in [2.05, 4.69) is 10.3 Å². The Labute approximate surface area is 104 Å². The third-order valence-electron chi connectivity index (χ3n) is 2.74. The minimum absolute atomic E-state index is 0.0261. The van der Waals surface area contributed by atoms with Crippen LogP contribution in [-0.4, -0.2) is 16.9 Å². The SMILES string of the molecule is O=C(NC1CC1)c1ccc(-c2nccs2)cc1. The number of aromatic nitrogens is 1. The zero-order valence-corrected chi connectivity index (χ0v) is 10.0. The van der Waals surface area contributed by atoms with Gasteiger partial charge in [-0.25, -0.2) is 4.98 Å². The van der Waals surface area contributed by atoms with Crippen molar-refractivity contribution in [1.29, 1.82) is 0 Å². The molecular weight excluding hydrogens is 232 g/mol. The van der Waals surface area contributed by atoms with Crippen LogP contribution in [0.2, 0.25) is 0 Å². The minimum atomic E-state index is 0.0261. The van der Waals surface area contributed by atoms with Crippen molar-refractivity contribution in [2.75, 3.05) is 0 Å².